The first-order chi connectivity index (χ1) is 9.06. The van der Waals surface area contributed by atoms with Gasteiger partial charge < -0.3 is 10.1 Å². The fourth-order valence-electron chi connectivity index (χ4n) is 3.13. The SMILES string of the molecule is CCCNC(c1cscc1Br)C1C(C)OC(C)C1C. The van der Waals surface area contributed by atoms with Gasteiger partial charge in [0.1, 0.15) is 0 Å². The van der Waals surface area contributed by atoms with Gasteiger partial charge in [0.15, 0.2) is 0 Å². The normalized spacial score (nSPS) is 32.7. The molecule has 1 aliphatic heterocycles. The Morgan fingerprint density at radius 3 is 2.53 bits per heavy atom. The van der Waals surface area contributed by atoms with Crippen molar-refractivity contribution < 1.29 is 4.74 Å². The lowest BCUT2D eigenvalue weighted by atomic mass is 9.81. The Balaban J connectivity index is 2.25. The molecule has 19 heavy (non-hydrogen) atoms. The molecule has 1 saturated heterocycles. The average molecular weight is 346 g/mol. The van der Waals surface area contributed by atoms with Crippen LogP contribution in [0.4, 0.5) is 0 Å². The Hall–Kier alpha value is 0.1000. The first-order valence-corrected chi connectivity index (χ1v) is 8.90. The summed E-state index contributed by atoms with van der Waals surface area (Å²) in [5.74, 6) is 1.11. The van der Waals surface area contributed by atoms with Crippen molar-refractivity contribution in [1.82, 2.24) is 5.32 Å². The van der Waals surface area contributed by atoms with Crippen molar-refractivity contribution in [1.29, 1.82) is 0 Å². The lowest BCUT2D eigenvalue weighted by molar-refractivity contribution is 0.0475. The molecule has 5 atom stereocenters. The number of nitrogens with one attached hydrogen (secondary N) is 1. The predicted octanol–water partition coefficient (Wildman–Crippen LogP) is 4.61. The van der Waals surface area contributed by atoms with Crippen LogP contribution < -0.4 is 5.32 Å². The zero-order chi connectivity index (χ0) is 14.0. The van der Waals surface area contributed by atoms with Crippen molar-refractivity contribution in [3.8, 4) is 0 Å². The molecule has 0 aliphatic carbocycles. The minimum Gasteiger partial charge on any atom is -0.375 e. The summed E-state index contributed by atoms with van der Waals surface area (Å²) in [5, 5.41) is 8.17. The van der Waals surface area contributed by atoms with E-state index in [1.165, 1.54) is 10.0 Å². The third-order valence-electron chi connectivity index (χ3n) is 4.30. The topological polar surface area (TPSA) is 21.3 Å². The van der Waals surface area contributed by atoms with Gasteiger partial charge in [-0.05, 0) is 59.6 Å². The van der Waals surface area contributed by atoms with E-state index in [0.29, 0.717) is 30.1 Å². The molecule has 0 aromatic carbocycles. The summed E-state index contributed by atoms with van der Waals surface area (Å²) in [6.07, 6.45) is 1.82. The third-order valence-corrected chi connectivity index (χ3v) is 6.05. The van der Waals surface area contributed by atoms with Gasteiger partial charge in [-0.15, -0.1) is 0 Å². The highest BCUT2D eigenvalue weighted by Crippen LogP contribution is 2.43. The summed E-state index contributed by atoms with van der Waals surface area (Å²) in [6.45, 7) is 10.00. The molecule has 0 radical (unpaired) electrons. The number of hydrogen-bond acceptors (Lipinski definition) is 3. The Kier molecular flexibility index (Phi) is 5.46. The van der Waals surface area contributed by atoms with Crippen LogP contribution >= 0.6 is 27.3 Å². The zero-order valence-corrected chi connectivity index (χ0v) is 14.6. The quantitative estimate of drug-likeness (QED) is 0.841. The van der Waals surface area contributed by atoms with E-state index in [0.717, 1.165) is 13.0 Å². The van der Waals surface area contributed by atoms with Crippen molar-refractivity contribution in [2.75, 3.05) is 6.54 Å². The summed E-state index contributed by atoms with van der Waals surface area (Å²) in [6, 6.07) is 0.385. The molecule has 2 heterocycles. The van der Waals surface area contributed by atoms with Crippen LogP contribution in [0.3, 0.4) is 0 Å². The number of thiophene rings is 1. The van der Waals surface area contributed by atoms with E-state index in [9.17, 15) is 0 Å². The molecule has 0 bridgehead atoms. The summed E-state index contributed by atoms with van der Waals surface area (Å²) in [4.78, 5) is 0. The maximum Gasteiger partial charge on any atom is 0.0600 e. The molecule has 1 N–H and O–H groups in total. The number of halogens is 1. The monoisotopic (exact) mass is 345 g/mol. The van der Waals surface area contributed by atoms with Gasteiger partial charge in [-0.3, -0.25) is 0 Å². The van der Waals surface area contributed by atoms with E-state index in [1.54, 1.807) is 11.3 Å². The predicted molar refractivity (Wildman–Crippen MR) is 85.7 cm³/mol. The summed E-state index contributed by atoms with van der Waals surface area (Å²) < 4.78 is 7.26. The lowest BCUT2D eigenvalue weighted by Crippen LogP contribution is -2.35. The van der Waals surface area contributed by atoms with Crippen LogP contribution in [0.2, 0.25) is 0 Å². The van der Waals surface area contributed by atoms with E-state index < -0.39 is 0 Å². The molecule has 108 valence electrons. The molecular formula is C15H24BrNOS. The van der Waals surface area contributed by atoms with E-state index in [1.807, 2.05) is 0 Å². The van der Waals surface area contributed by atoms with Gasteiger partial charge in [0.2, 0.25) is 0 Å². The van der Waals surface area contributed by atoms with E-state index >= 15 is 0 Å². The van der Waals surface area contributed by atoms with Gasteiger partial charge >= 0.3 is 0 Å². The van der Waals surface area contributed by atoms with Crippen LogP contribution in [0.25, 0.3) is 0 Å². The molecule has 0 amide bonds. The smallest absolute Gasteiger partial charge is 0.0600 e. The minimum absolute atomic E-state index is 0.311. The van der Waals surface area contributed by atoms with Gasteiger partial charge in [0.05, 0.1) is 12.2 Å². The molecule has 4 heteroatoms. The molecule has 2 nitrogen and oxygen atoms in total. The molecule has 1 aliphatic rings. The van der Waals surface area contributed by atoms with Crippen molar-refractivity contribution in [2.24, 2.45) is 11.8 Å². The van der Waals surface area contributed by atoms with Crippen molar-refractivity contribution in [3.63, 3.8) is 0 Å². The number of rotatable bonds is 5. The molecule has 1 aromatic rings. The average Bonchev–Trinajstić information content (AvgIpc) is 2.88. The highest BCUT2D eigenvalue weighted by Gasteiger charge is 2.42. The molecule has 0 spiro atoms. The number of hydrogen-bond donors (Lipinski definition) is 1. The Morgan fingerprint density at radius 2 is 2.05 bits per heavy atom. The second-order valence-electron chi connectivity index (χ2n) is 5.59. The molecule has 2 rings (SSSR count). The van der Waals surface area contributed by atoms with Gasteiger partial charge in [-0.1, -0.05) is 13.8 Å². The second-order valence-corrected chi connectivity index (χ2v) is 7.19. The van der Waals surface area contributed by atoms with Gasteiger partial charge in [0.25, 0.3) is 0 Å². The summed E-state index contributed by atoms with van der Waals surface area (Å²) in [5.41, 5.74) is 1.39. The van der Waals surface area contributed by atoms with E-state index in [2.05, 4.69) is 59.7 Å². The Morgan fingerprint density at radius 1 is 1.32 bits per heavy atom. The van der Waals surface area contributed by atoms with E-state index in [4.69, 9.17) is 4.74 Å². The fraction of sp³-hybridized carbons (Fsp3) is 0.733. The van der Waals surface area contributed by atoms with Crippen LogP contribution in [0.15, 0.2) is 15.2 Å². The number of ether oxygens (including phenoxy) is 1. The molecule has 5 unspecified atom stereocenters. The zero-order valence-electron chi connectivity index (χ0n) is 12.2. The molecule has 0 saturated carbocycles. The summed E-state index contributed by atoms with van der Waals surface area (Å²) >= 11 is 5.45. The first-order valence-electron chi connectivity index (χ1n) is 7.16. The van der Waals surface area contributed by atoms with Crippen LogP contribution in [0, 0.1) is 11.8 Å². The van der Waals surface area contributed by atoms with Gasteiger partial charge in [0, 0.05) is 21.8 Å². The van der Waals surface area contributed by atoms with Crippen molar-refractivity contribution in [3.05, 3.63) is 20.8 Å². The Bertz CT molecular complexity index is 409. The molecule has 1 fully saturated rings. The van der Waals surface area contributed by atoms with Crippen molar-refractivity contribution in [2.45, 2.75) is 52.4 Å². The standard InChI is InChI=1S/C15H24BrNOS/c1-5-6-17-15(12-7-19-8-13(12)16)14-9(2)10(3)18-11(14)4/h7-11,14-15,17H,5-6H2,1-4H3. The first kappa shape index (κ1) is 15.5. The van der Waals surface area contributed by atoms with Gasteiger partial charge in [-0.25, -0.2) is 0 Å². The van der Waals surface area contributed by atoms with Crippen LogP contribution in [0.1, 0.15) is 45.7 Å². The molecule has 1 aromatic heterocycles. The molecular weight excluding hydrogens is 322 g/mol. The fourth-order valence-corrected chi connectivity index (χ4v) is 4.71. The highest BCUT2D eigenvalue weighted by molar-refractivity contribution is 9.10. The van der Waals surface area contributed by atoms with Crippen LogP contribution in [-0.4, -0.2) is 18.8 Å². The second kappa shape index (κ2) is 6.70. The minimum atomic E-state index is 0.311. The van der Waals surface area contributed by atoms with Gasteiger partial charge in [-0.2, -0.15) is 11.3 Å². The lowest BCUT2D eigenvalue weighted by Gasteiger charge is -2.30. The van der Waals surface area contributed by atoms with Crippen LogP contribution in [0.5, 0.6) is 0 Å². The van der Waals surface area contributed by atoms with E-state index in [-0.39, 0.29) is 0 Å². The van der Waals surface area contributed by atoms with Crippen LogP contribution in [-0.2, 0) is 4.74 Å². The maximum atomic E-state index is 6.03. The summed E-state index contributed by atoms with van der Waals surface area (Å²) in [7, 11) is 0. The largest absolute Gasteiger partial charge is 0.375 e. The Labute approximate surface area is 129 Å². The highest BCUT2D eigenvalue weighted by atomic mass is 79.9. The third kappa shape index (κ3) is 3.23. The van der Waals surface area contributed by atoms with Crippen molar-refractivity contribution >= 4 is 27.3 Å². The maximum absolute atomic E-state index is 6.03.